The van der Waals surface area contributed by atoms with Gasteiger partial charge in [-0.25, -0.2) is 9.97 Å². The van der Waals surface area contributed by atoms with Crippen LogP contribution in [0.3, 0.4) is 0 Å². The van der Waals surface area contributed by atoms with Crippen LogP contribution >= 0.6 is 0 Å². The minimum atomic E-state index is 0.816. The van der Waals surface area contributed by atoms with Crippen LogP contribution in [0.25, 0.3) is 110 Å². The molecule has 0 saturated carbocycles. The zero-order valence-electron chi connectivity index (χ0n) is 29.1. The Bertz CT molecular complexity index is 3510. The summed E-state index contributed by atoms with van der Waals surface area (Å²) < 4.78 is 4.77. The smallest absolute Gasteiger partial charge is 0.165 e. The van der Waals surface area contributed by atoms with Crippen LogP contribution in [0.1, 0.15) is 0 Å². The molecule has 0 atom stereocenters. The summed E-state index contributed by atoms with van der Waals surface area (Å²) in [5, 5.41) is 12.1. The lowest BCUT2D eigenvalue weighted by Gasteiger charge is -2.15. The molecule has 0 aliphatic rings. The third kappa shape index (κ3) is 4.13. The van der Waals surface area contributed by atoms with Gasteiger partial charge in [-0.15, -0.1) is 0 Å². The molecule has 9 aromatic carbocycles. The average Bonchev–Trinajstić information content (AvgIpc) is 3.74. The molecule has 3 aromatic heterocycles. The van der Waals surface area contributed by atoms with Crippen molar-refractivity contribution < 1.29 is 0 Å². The summed E-state index contributed by atoms with van der Waals surface area (Å²) in [4.78, 5) is 10.9. The van der Waals surface area contributed by atoms with Gasteiger partial charge in [-0.3, -0.25) is 4.57 Å². The van der Waals surface area contributed by atoms with Crippen LogP contribution in [0.4, 0.5) is 0 Å². The quantitative estimate of drug-likeness (QED) is 0.185. The Kier molecular flexibility index (Phi) is 6.02. The first-order valence-electron chi connectivity index (χ1n) is 18.4. The summed E-state index contributed by atoms with van der Waals surface area (Å²) in [6.45, 7) is 0. The molecule has 0 saturated heterocycles. The van der Waals surface area contributed by atoms with Gasteiger partial charge in [0.05, 0.1) is 33.1 Å². The Morgan fingerprint density at radius 3 is 1.76 bits per heavy atom. The largest absolute Gasteiger partial charge is 0.309 e. The van der Waals surface area contributed by atoms with Gasteiger partial charge in [0.25, 0.3) is 0 Å². The van der Waals surface area contributed by atoms with Gasteiger partial charge in [0, 0.05) is 32.8 Å². The fourth-order valence-electron chi connectivity index (χ4n) is 8.84. The molecule has 0 unspecified atom stereocenters. The molecule has 12 aromatic rings. The van der Waals surface area contributed by atoms with Gasteiger partial charge in [0.1, 0.15) is 5.69 Å². The molecule has 0 aliphatic carbocycles. The van der Waals surface area contributed by atoms with Gasteiger partial charge in [0.15, 0.2) is 5.82 Å². The van der Waals surface area contributed by atoms with E-state index in [2.05, 4.69) is 179 Å². The van der Waals surface area contributed by atoms with Crippen LogP contribution in [0.15, 0.2) is 182 Å². The van der Waals surface area contributed by atoms with Crippen molar-refractivity contribution >= 4 is 87.0 Å². The summed E-state index contributed by atoms with van der Waals surface area (Å²) in [6, 6.07) is 65.4. The van der Waals surface area contributed by atoms with E-state index in [9.17, 15) is 0 Å². The highest BCUT2D eigenvalue weighted by Gasteiger charge is 2.22. The van der Waals surface area contributed by atoms with Crippen molar-refractivity contribution in [2.24, 2.45) is 0 Å². The van der Waals surface area contributed by atoms with Crippen molar-refractivity contribution in [3.05, 3.63) is 182 Å². The Morgan fingerprint density at radius 2 is 0.926 bits per heavy atom. The molecule has 12 rings (SSSR count). The summed E-state index contributed by atoms with van der Waals surface area (Å²) in [6.07, 6.45) is 0. The standard InChI is InChI=1S/C50H30N4/c1-2-15-34-29-47-40(28-33(34)14-1)41-30-35(53-44-23-10-7-19-39(44)48-37-18-6-4-13-32(37)24-26-46(48)53)25-27-45(41)54(47)50-49(51-42-21-8-9-22-43(42)52-50)38-20-11-16-31-12-3-5-17-36(31)38/h1-30H. The third-order valence-electron chi connectivity index (χ3n) is 11.2. The van der Waals surface area contributed by atoms with E-state index < -0.39 is 0 Å². The first kappa shape index (κ1) is 29.3. The second-order valence-electron chi connectivity index (χ2n) is 14.2. The molecule has 0 radical (unpaired) electrons. The second-order valence-corrected chi connectivity index (χ2v) is 14.2. The molecule has 0 aliphatic heterocycles. The summed E-state index contributed by atoms with van der Waals surface area (Å²) in [5.74, 6) is 0.816. The van der Waals surface area contributed by atoms with E-state index in [4.69, 9.17) is 9.97 Å². The van der Waals surface area contributed by atoms with Crippen molar-refractivity contribution in [3.8, 4) is 22.8 Å². The van der Waals surface area contributed by atoms with Crippen LogP contribution in [0.5, 0.6) is 0 Å². The first-order chi connectivity index (χ1) is 26.8. The highest BCUT2D eigenvalue weighted by Crippen LogP contribution is 2.42. The number of fused-ring (bicyclic) bond motifs is 11. The van der Waals surface area contributed by atoms with Gasteiger partial charge >= 0.3 is 0 Å². The van der Waals surface area contributed by atoms with Crippen molar-refractivity contribution in [2.45, 2.75) is 0 Å². The molecule has 0 fully saturated rings. The summed E-state index contributed by atoms with van der Waals surface area (Å²) in [7, 11) is 0. The minimum absolute atomic E-state index is 0.816. The van der Waals surface area contributed by atoms with Crippen LogP contribution in [0, 0.1) is 0 Å². The minimum Gasteiger partial charge on any atom is -0.309 e. The van der Waals surface area contributed by atoms with E-state index in [1.54, 1.807) is 0 Å². The highest BCUT2D eigenvalue weighted by atomic mass is 15.1. The monoisotopic (exact) mass is 686 g/mol. The number of para-hydroxylation sites is 3. The molecule has 3 heterocycles. The Morgan fingerprint density at radius 1 is 0.333 bits per heavy atom. The Labute approximate surface area is 309 Å². The second kappa shape index (κ2) is 11.1. The Balaban J connectivity index is 1.21. The predicted octanol–water partition coefficient (Wildman–Crippen LogP) is 13.0. The molecule has 0 spiro atoms. The maximum absolute atomic E-state index is 5.46. The van der Waals surface area contributed by atoms with Crippen molar-refractivity contribution in [1.82, 2.24) is 19.1 Å². The first-order valence-corrected chi connectivity index (χ1v) is 18.4. The normalized spacial score (nSPS) is 12.1. The number of benzene rings is 9. The molecule has 0 amide bonds. The molecule has 4 nitrogen and oxygen atoms in total. The zero-order valence-corrected chi connectivity index (χ0v) is 29.1. The fourth-order valence-corrected chi connectivity index (χ4v) is 8.84. The maximum atomic E-state index is 5.46. The van der Waals surface area contributed by atoms with E-state index in [-0.39, 0.29) is 0 Å². The van der Waals surface area contributed by atoms with E-state index in [0.29, 0.717) is 0 Å². The van der Waals surface area contributed by atoms with Gasteiger partial charge < -0.3 is 4.57 Å². The van der Waals surface area contributed by atoms with Gasteiger partial charge in [-0.2, -0.15) is 0 Å². The predicted molar refractivity (Wildman–Crippen MR) is 226 cm³/mol. The molecule has 4 heteroatoms. The zero-order chi connectivity index (χ0) is 35.3. The lowest BCUT2D eigenvalue weighted by atomic mass is 10.0. The molecular weight excluding hydrogens is 657 g/mol. The van der Waals surface area contributed by atoms with Crippen molar-refractivity contribution in [2.75, 3.05) is 0 Å². The lowest BCUT2D eigenvalue weighted by Crippen LogP contribution is -2.04. The van der Waals surface area contributed by atoms with Crippen molar-refractivity contribution in [1.29, 1.82) is 0 Å². The van der Waals surface area contributed by atoms with E-state index >= 15 is 0 Å². The van der Waals surface area contributed by atoms with Gasteiger partial charge in [-0.1, -0.05) is 127 Å². The molecular formula is C50H30N4. The number of rotatable bonds is 3. The maximum Gasteiger partial charge on any atom is 0.165 e. The number of hydrogen-bond acceptors (Lipinski definition) is 2. The van der Waals surface area contributed by atoms with Crippen LogP contribution < -0.4 is 0 Å². The number of nitrogens with zero attached hydrogens (tertiary/aromatic N) is 4. The van der Waals surface area contributed by atoms with Crippen LogP contribution in [-0.2, 0) is 0 Å². The van der Waals surface area contributed by atoms with Crippen LogP contribution in [-0.4, -0.2) is 19.1 Å². The average molecular weight is 687 g/mol. The molecule has 0 bridgehead atoms. The Hall–Kier alpha value is -7.30. The number of aromatic nitrogens is 4. The molecule has 0 N–H and O–H groups in total. The fraction of sp³-hybridized carbons (Fsp3) is 0. The SMILES string of the molecule is c1ccc2cc3c(cc2c1)c1cc(-n2c4ccccc4c4c5ccccc5ccc42)ccc1n3-c1nc2ccccc2nc1-c1cccc2ccccc12. The summed E-state index contributed by atoms with van der Waals surface area (Å²) in [5.41, 5.74) is 9.34. The van der Waals surface area contributed by atoms with Gasteiger partial charge in [0.2, 0.25) is 0 Å². The molecule has 250 valence electrons. The topological polar surface area (TPSA) is 35.6 Å². The third-order valence-corrected chi connectivity index (χ3v) is 11.2. The van der Waals surface area contributed by atoms with E-state index in [1.807, 2.05) is 12.1 Å². The lowest BCUT2D eigenvalue weighted by molar-refractivity contribution is 1.08. The van der Waals surface area contributed by atoms with E-state index in [0.717, 1.165) is 50.2 Å². The van der Waals surface area contributed by atoms with Gasteiger partial charge in [-0.05, 0) is 86.9 Å². The van der Waals surface area contributed by atoms with Crippen LogP contribution in [0.2, 0.25) is 0 Å². The highest BCUT2D eigenvalue weighted by molar-refractivity contribution is 6.22. The molecule has 54 heavy (non-hydrogen) atoms. The summed E-state index contributed by atoms with van der Waals surface area (Å²) >= 11 is 0. The van der Waals surface area contributed by atoms with E-state index in [1.165, 1.54) is 59.5 Å². The van der Waals surface area contributed by atoms with Crippen molar-refractivity contribution in [3.63, 3.8) is 0 Å². The number of hydrogen-bond donors (Lipinski definition) is 0.